The maximum Gasteiger partial charge on any atom is 0.153 e. The number of nitrogens with one attached hydrogen (secondary N) is 1. The molecule has 1 heterocycles. The minimum Gasteiger partial charge on any atom is -0.396 e. The second-order valence-corrected chi connectivity index (χ2v) is 9.51. The SMILES string of the molecule is C[C@@H]1C(=O)C(C#N)C[C@]2(c3ccccc3)c3n[nH]c(-c4cccc(CCCO)c4)c3CC[C@@H]12. The fourth-order valence-corrected chi connectivity index (χ4v) is 6.28. The van der Waals surface area contributed by atoms with E-state index in [4.69, 9.17) is 5.10 Å². The van der Waals surface area contributed by atoms with Crippen LogP contribution in [0.3, 0.4) is 0 Å². The van der Waals surface area contributed by atoms with Crippen LogP contribution in [0.1, 0.15) is 48.6 Å². The Balaban J connectivity index is 1.67. The number of aromatic amines is 1. The van der Waals surface area contributed by atoms with Crippen molar-refractivity contribution in [2.24, 2.45) is 17.8 Å². The molecule has 5 rings (SSSR count). The lowest BCUT2D eigenvalue weighted by Crippen LogP contribution is -2.52. The summed E-state index contributed by atoms with van der Waals surface area (Å²) in [7, 11) is 0. The molecule has 1 fully saturated rings. The molecule has 0 bridgehead atoms. The Kier molecular flexibility index (Phi) is 5.64. The van der Waals surface area contributed by atoms with Gasteiger partial charge in [-0.2, -0.15) is 10.4 Å². The summed E-state index contributed by atoms with van der Waals surface area (Å²) in [5.41, 5.74) is 6.21. The highest BCUT2D eigenvalue weighted by molar-refractivity contribution is 5.87. The number of nitrogens with zero attached hydrogens (tertiary/aromatic N) is 2. The van der Waals surface area contributed by atoms with Crippen molar-refractivity contribution in [2.75, 3.05) is 6.61 Å². The van der Waals surface area contributed by atoms with Gasteiger partial charge in [0.05, 0.1) is 17.5 Å². The van der Waals surface area contributed by atoms with E-state index in [0.717, 1.165) is 48.2 Å². The highest BCUT2D eigenvalue weighted by Gasteiger charge is 2.56. The number of H-pyrrole nitrogens is 1. The van der Waals surface area contributed by atoms with Crippen molar-refractivity contribution >= 4 is 5.78 Å². The Morgan fingerprint density at radius 1 is 1.21 bits per heavy atom. The first-order valence-corrected chi connectivity index (χ1v) is 11.9. The number of Topliss-reactive ketones (excluding diaryl/α,β-unsaturated/α-hetero) is 1. The lowest BCUT2D eigenvalue weighted by atomic mass is 9.51. The third-order valence-corrected chi connectivity index (χ3v) is 7.83. The van der Waals surface area contributed by atoms with Gasteiger partial charge in [0.1, 0.15) is 5.92 Å². The molecule has 3 aromatic rings. The number of hydrogen-bond donors (Lipinski definition) is 2. The number of fused-ring (bicyclic) bond motifs is 3. The monoisotopic (exact) mass is 439 g/mol. The van der Waals surface area contributed by atoms with Gasteiger partial charge >= 0.3 is 0 Å². The van der Waals surface area contributed by atoms with Gasteiger partial charge in [0.2, 0.25) is 0 Å². The molecule has 5 heteroatoms. The fourth-order valence-electron chi connectivity index (χ4n) is 6.28. The van der Waals surface area contributed by atoms with Crippen LogP contribution in [0, 0.1) is 29.1 Å². The normalized spacial score (nSPS) is 26.3. The number of carbonyl (C=O) groups excluding carboxylic acids is 1. The fraction of sp³-hybridized carbons (Fsp3) is 0.393. The van der Waals surface area contributed by atoms with Gasteiger partial charge in [0.15, 0.2) is 5.78 Å². The van der Waals surface area contributed by atoms with E-state index in [0.29, 0.717) is 6.42 Å². The molecular weight excluding hydrogens is 410 g/mol. The Hall–Kier alpha value is -3.23. The van der Waals surface area contributed by atoms with Gasteiger partial charge in [0.25, 0.3) is 0 Å². The van der Waals surface area contributed by atoms with Crippen LogP contribution < -0.4 is 0 Å². The zero-order chi connectivity index (χ0) is 23.0. The second kappa shape index (κ2) is 8.61. The van der Waals surface area contributed by atoms with E-state index >= 15 is 0 Å². The summed E-state index contributed by atoms with van der Waals surface area (Å²) in [6.07, 6.45) is 3.81. The van der Waals surface area contributed by atoms with Crippen molar-refractivity contribution in [3.63, 3.8) is 0 Å². The number of nitriles is 1. The average Bonchev–Trinajstić information content (AvgIpc) is 3.30. The summed E-state index contributed by atoms with van der Waals surface area (Å²) in [6.45, 7) is 2.18. The minimum absolute atomic E-state index is 0.0739. The van der Waals surface area contributed by atoms with Crippen LogP contribution in [-0.2, 0) is 23.1 Å². The number of carbonyl (C=O) groups is 1. The molecule has 2 N–H and O–H groups in total. The third kappa shape index (κ3) is 3.41. The van der Waals surface area contributed by atoms with Gasteiger partial charge in [-0.15, -0.1) is 0 Å². The predicted molar refractivity (Wildman–Crippen MR) is 126 cm³/mol. The molecule has 0 aliphatic heterocycles. The van der Waals surface area contributed by atoms with Crippen LogP contribution >= 0.6 is 0 Å². The van der Waals surface area contributed by atoms with E-state index in [9.17, 15) is 15.2 Å². The summed E-state index contributed by atoms with van der Waals surface area (Å²) in [4.78, 5) is 13.0. The van der Waals surface area contributed by atoms with Crippen molar-refractivity contribution in [1.29, 1.82) is 5.26 Å². The molecular formula is C28H29N3O2. The molecule has 0 radical (unpaired) electrons. The van der Waals surface area contributed by atoms with Crippen LogP contribution in [0.4, 0.5) is 0 Å². The van der Waals surface area contributed by atoms with Gasteiger partial charge in [-0.1, -0.05) is 55.5 Å². The Morgan fingerprint density at radius 2 is 2.03 bits per heavy atom. The molecule has 5 nitrogen and oxygen atoms in total. The van der Waals surface area contributed by atoms with Crippen LogP contribution in [-0.4, -0.2) is 27.7 Å². The number of hydrogen-bond acceptors (Lipinski definition) is 4. The summed E-state index contributed by atoms with van der Waals surface area (Å²) in [6, 6.07) is 21.1. The first-order chi connectivity index (χ1) is 16.1. The van der Waals surface area contributed by atoms with Crippen molar-refractivity contribution in [1.82, 2.24) is 10.2 Å². The molecule has 2 aliphatic rings. The van der Waals surface area contributed by atoms with E-state index in [1.165, 1.54) is 11.1 Å². The van der Waals surface area contributed by atoms with Gasteiger partial charge in [-0.3, -0.25) is 9.89 Å². The molecule has 33 heavy (non-hydrogen) atoms. The smallest absolute Gasteiger partial charge is 0.153 e. The van der Waals surface area contributed by atoms with Crippen molar-refractivity contribution in [3.05, 3.63) is 77.0 Å². The first kappa shape index (κ1) is 21.6. The van der Waals surface area contributed by atoms with Crippen LogP contribution in [0.15, 0.2) is 54.6 Å². The summed E-state index contributed by atoms with van der Waals surface area (Å²) >= 11 is 0. The van der Waals surface area contributed by atoms with Gasteiger partial charge in [0, 0.05) is 29.1 Å². The molecule has 0 spiro atoms. The molecule has 168 valence electrons. The largest absolute Gasteiger partial charge is 0.396 e. The average molecular weight is 440 g/mol. The number of aliphatic hydroxyl groups excluding tert-OH is 1. The Bertz CT molecular complexity index is 1210. The Morgan fingerprint density at radius 3 is 2.79 bits per heavy atom. The summed E-state index contributed by atoms with van der Waals surface area (Å²) < 4.78 is 0. The van der Waals surface area contributed by atoms with Gasteiger partial charge < -0.3 is 5.11 Å². The predicted octanol–water partition coefficient (Wildman–Crippen LogP) is 4.60. The molecule has 2 aromatic carbocycles. The number of rotatable bonds is 5. The van der Waals surface area contributed by atoms with E-state index in [-0.39, 0.29) is 24.2 Å². The standard InChI is InChI=1S/C28H29N3O2/c1-18-24-13-12-23-25(20-9-5-7-19(15-20)8-6-14-32)30-31-27(23)28(24,16-21(17-29)26(18)33)22-10-3-2-4-11-22/h2-5,7,9-11,15,18,21,24,32H,6,8,12-14,16H2,1H3,(H,30,31)/t18-,21?,24-,28+/m0/s1. The van der Waals surface area contributed by atoms with Crippen molar-refractivity contribution in [2.45, 2.75) is 44.4 Å². The topological polar surface area (TPSA) is 89.8 Å². The highest BCUT2D eigenvalue weighted by atomic mass is 16.2. The maximum absolute atomic E-state index is 13.0. The van der Waals surface area contributed by atoms with Crippen LogP contribution in [0.25, 0.3) is 11.3 Å². The quantitative estimate of drug-likeness (QED) is 0.608. The number of aryl methyl sites for hydroxylation is 1. The summed E-state index contributed by atoms with van der Waals surface area (Å²) in [5, 5.41) is 27.3. The minimum atomic E-state index is -0.621. The lowest BCUT2D eigenvalue weighted by molar-refractivity contribution is -0.131. The van der Waals surface area contributed by atoms with Gasteiger partial charge in [-0.25, -0.2) is 0 Å². The van der Waals surface area contributed by atoms with E-state index in [1.54, 1.807) is 0 Å². The van der Waals surface area contributed by atoms with E-state index in [2.05, 4.69) is 47.6 Å². The molecule has 1 saturated carbocycles. The molecule has 1 unspecified atom stereocenters. The maximum atomic E-state index is 13.0. The molecule has 2 aliphatic carbocycles. The van der Waals surface area contributed by atoms with Crippen molar-refractivity contribution in [3.8, 4) is 17.3 Å². The lowest BCUT2D eigenvalue weighted by Gasteiger charge is -2.50. The summed E-state index contributed by atoms with van der Waals surface area (Å²) in [5.74, 6) is -0.607. The third-order valence-electron chi connectivity index (χ3n) is 7.83. The number of ketones is 1. The molecule has 4 atom stereocenters. The second-order valence-electron chi connectivity index (χ2n) is 9.51. The van der Waals surface area contributed by atoms with E-state index in [1.807, 2.05) is 25.1 Å². The van der Waals surface area contributed by atoms with E-state index < -0.39 is 11.3 Å². The zero-order valence-corrected chi connectivity index (χ0v) is 18.9. The number of benzene rings is 2. The van der Waals surface area contributed by atoms with Gasteiger partial charge in [-0.05, 0) is 55.2 Å². The molecule has 1 aromatic heterocycles. The number of aliphatic hydroxyl groups is 1. The zero-order valence-electron chi connectivity index (χ0n) is 18.9. The molecule has 0 amide bonds. The first-order valence-electron chi connectivity index (χ1n) is 11.9. The van der Waals surface area contributed by atoms with Crippen molar-refractivity contribution < 1.29 is 9.90 Å². The van der Waals surface area contributed by atoms with Crippen LogP contribution in [0.5, 0.6) is 0 Å². The molecule has 0 saturated heterocycles. The highest BCUT2D eigenvalue weighted by Crippen LogP contribution is 2.56. The Labute approximate surface area is 194 Å². The number of aromatic nitrogens is 2. The van der Waals surface area contributed by atoms with Crippen LogP contribution in [0.2, 0.25) is 0 Å².